The maximum absolute atomic E-state index is 13.9. The summed E-state index contributed by atoms with van der Waals surface area (Å²) in [5.41, 5.74) is -0.342. The summed E-state index contributed by atoms with van der Waals surface area (Å²) >= 11 is 3.10. The number of carboxylic acid groups (broad SMARTS) is 1. The van der Waals surface area contributed by atoms with Gasteiger partial charge in [0, 0.05) is 12.1 Å². The van der Waals surface area contributed by atoms with Crippen LogP contribution in [0.25, 0.3) is 5.69 Å². The Morgan fingerprint density at radius 2 is 1.81 bits per heavy atom. The van der Waals surface area contributed by atoms with Crippen molar-refractivity contribution in [3.05, 3.63) is 45.4 Å². The molecule has 4 nitrogen and oxygen atoms in total. The van der Waals surface area contributed by atoms with E-state index < -0.39 is 23.4 Å². The molecule has 1 N–H and O–H groups in total. The molecule has 0 aliphatic heterocycles. The van der Waals surface area contributed by atoms with E-state index in [2.05, 4.69) is 21.0 Å². The number of nitrogens with zero attached hydrogens (tertiary/aromatic N) is 2. The first-order valence-electron chi connectivity index (χ1n) is 5.90. The number of hydrogen-bond donors (Lipinski definition) is 1. The number of rotatable bonds is 3. The second-order valence-electron chi connectivity index (χ2n) is 4.64. The van der Waals surface area contributed by atoms with Crippen LogP contribution >= 0.6 is 15.9 Å². The van der Waals surface area contributed by atoms with E-state index in [1.807, 2.05) is 0 Å². The Bertz CT molecular complexity index is 729. The van der Waals surface area contributed by atoms with Gasteiger partial charge >= 0.3 is 5.97 Å². The molecule has 0 amide bonds. The maximum atomic E-state index is 13.9. The molecular formula is C13H10BrF3N2O2. The normalized spacial score (nSPS) is 11.2. The van der Waals surface area contributed by atoms with E-state index in [1.54, 1.807) is 13.8 Å². The third kappa shape index (κ3) is 2.67. The molecule has 0 unspecified atom stereocenters. The van der Waals surface area contributed by atoms with Crippen molar-refractivity contribution in [1.82, 2.24) is 9.78 Å². The zero-order valence-corrected chi connectivity index (χ0v) is 12.6. The van der Waals surface area contributed by atoms with Gasteiger partial charge < -0.3 is 5.11 Å². The molecule has 21 heavy (non-hydrogen) atoms. The van der Waals surface area contributed by atoms with Gasteiger partial charge in [0.15, 0.2) is 23.1 Å². The van der Waals surface area contributed by atoms with Gasteiger partial charge in [-0.1, -0.05) is 13.8 Å². The Labute approximate surface area is 126 Å². The van der Waals surface area contributed by atoms with Gasteiger partial charge in [0.05, 0.1) is 10.2 Å². The molecule has 0 saturated carbocycles. The van der Waals surface area contributed by atoms with E-state index in [0.717, 1.165) is 4.68 Å². The molecule has 1 aromatic heterocycles. The zero-order valence-electron chi connectivity index (χ0n) is 11.0. The summed E-state index contributed by atoms with van der Waals surface area (Å²) in [5, 5.41) is 12.8. The van der Waals surface area contributed by atoms with Gasteiger partial charge in [0.2, 0.25) is 0 Å². The van der Waals surface area contributed by atoms with E-state index in [0.29, 0.717) is 17.8 Å². The van der Waals surface area contributed by atoms with Gasteiger partial charge in [-0.05, 0) is 21.8 Å². The predicted octanol–water partition coefficient (Wildman–Crippen LogP) is 3.87. The average Bonchev–Trinajstić information content (AvgIpc) is 2.71. The minimum Gasteiger partial charge on any atom is -0.476 e. The smallest absolute Gasteiger partial charge is 0.357 e. The van der Waals surface area contributed by atoms with Crippen LogP contribution in [0.15, 0.2) is 16.6 Å². The lowest BCUT2D eigenvalue weighted by Crippen LogP contribution is -2.08. The quantitative estimate of drug-likeness (QED) is 0.843. The van der Waals surface area contributed by atoms with E-state index in [-0.39, 0.29) is 21.8 Å². The summed E-state index contributed by atoms with van der Waals surface area (Å²) in [6.07, 6.45) is 0. The Hall–Kier alpha value is -1.83. The number of carboxylic acids is 1. The summed E-state index contributed by atoms with van der Waals surface area (Å²) in [6, 6.07) is 1.03. The molecule has 0 aliphatic carbocycles. The van der Waals surface area contributed by atoms with Crippen LogP contribution in [0, 0.1) is 17.5 Å². The molecule has 8 heteroatoms. The van der Waals surface area contributed by atoms with Crippen LogP contribution in [-0.4, -0.2) is 20.9 Å². The third-order valence-electron chi connectivity index (χ3n) is 2.83. The van der Waals surface area contributed by atoms with Gasteiger partial charge in [-0.3, -0.25) is 0 Å². The first kappa shape index (κ1) is 15.6. The molecule has 0 aliphatic rings. The third-order valence-corrected chi connectivity index (χ3v) is 3.61. The van der Waals surface area contributed by atoms with E-state index >= 15 is 0 Å². The topological polar surface area (TPSA) is 55.1 Å². The molecule has 2 rings (SSSR count). The van der Waals surface area contributed by atoms with Gasteiger partial charge in [0.25, 0.3) is 0 Å². The van der Waals surface area contributed by atoms with Crippen LogP contribution in [0.5, 0.6) is 0 Å². The number of aromatic nitrogens is 2. The summed E-state index contributed by atoms with van der Waals surface area (Å²) in [6.45, 7) is 3.48. The van der Waals surface area contributed by atoms with Crippen molar-refractivity contribution in [3.8, 4) is 5.69 Å². The van der Waals surface area contributed by atoms with Crippen LogP contribution in [-0.2, 0) is 0 Å². The molecule has 1 heterocycles. The standard InChI is InChI=1S/C13H10BrF3N2O2/c1-5(2)12-10(14)11(13(20)21)18-19(12)9-4-7(16)6(15)3-8(9)17/h3-5H,1-2H3,(H,20,21). The minimum atomic E-state index is -1.33. The number of carbonyl (C=O) groups is 1. The van der Waals surface area contributed by atoms with Crippen molar-refractivity contribution >= 4 is 21.9 Å². The summed E-state index contributed by atoms with van der Waals surface area (Å²) in [7, 11) is 0. The second-order valence-corrected chi connectivity index (χ2v) is 5.43. The lowest BCUT2D eigenvalue weighted by atomic mass is 10.1. The first-order chi connectivity index (χ1) is 9.73. The van der Waals surface area contributed by atoms with E-state index in [1.165, 1.54) is 0 Å². The van der Waals surface area contributed by atoms with Crippen molar-refractivity contribution in [2.75, 3.05) is 0 Å². The fourth-order valence-corrected chi connectivity index (χ4v) is 2.78. The van der Waals surface area contributed by atoms with Gasteiger partial charge in [0.1, 0.15) is 5.69 Å². The number of aromatic carboxylic acids is 1. The van der Waals surface area contributed by atoms with E-state index in [4.69, 9.17) is 5.11 Å². The highest BCUT2D eigenvalue weighted by atomic mass is 79.9. The lowest BCUT2D eigenvalue weighted by molar-refractivity contribution is 0.0689. The second kappa shape index (κ2) is 5.51. The van der Waals surface area contributed by atoms with Crippen LogP contribution < -0.4 is 0 Å². The fourth-order valence-electron chi connectivity index (χ4n) is 1.90. The highest BCUT2D eigenvalue weighted by Gasteiger charge is 2.25. The molecule has 0 radical (unpaired) electrons. The number of benzene rings is 1. The van der Waals surface area contributed by atoms with Crippen molar-refractivity contribution in [3.63, 3.8) is 0 Å². The predicted molar refractivity (Wildman–Crippen MR) is 72.2 cm³/mol. The van der Waals surface area contributed by atoms with Gasteiger partial charge in [-0.15, -0.1) is 0 Å². The first-order valence-corrected chi connectivity index (χ1v) is 6.70. The Kier molecular flexibility index (Phi) is 4.08. The Morgan fingerprint density at radius 1 is 1.24 bits per heavy atom. The minimum absolute atomic E-state index is 0.175. The molecule has 2 aromatic rings. The lowest BCUT2D eigenvalue weighted by Gasteiger charge is -2.11. The summed E-state index contributed by atoms with van der Waals surface area (Å²) in [4.78, 5) is 11.1. The molecular weight excluding hydrogens is 353 g/mol. The van der Waals surface area contributed by atoms with E-state index in [9.17, 15) is 18.0 Å². The Balaban J connectivity index is 2.77. The summed E-state index contributed by atoms with van der Waals surface area (Å²) in [5.74, 6) is -5.16. The van der Waals surface area contributed by atoms with Crippen molar-refractivity contribution in [1.29, 1.82) is 0 Å². The monoisotopic (exact) mass is 362 g/mol. The largest absolute Gasteiger partial charge is 0.476 e. The highest BCUT2D eigenvalue weighted by Crippen LogP contribution is 2.31. The fraction of sp³-hybridized carbons (Fsp3) is 0.231. The molecule has 0 atom stereocenters. The van der Waals surface area contributed by atoms with Crippen LogP contribution in [0.3, 0.4) is 0 Å². The number of hydrogen-bond acceptors (Lipinski definition) is 2. The highest BCUT2D eigenvalue weighted by molar-refractivity contribution is 9.10. The molecule has 1 aromatic carbocycles. The van der Waals surface area contributed by atoms with Crippen molar-refractivity contribution in [2.24, 2.45) is 0 Å². The van der Waals surface area contributed by atoms with Gasteiger partial charge in [-0.25, -0.2) is 22.6 Å². The van der Waals surface area contributed by atoms with Gasteiger partial charge in [-0.2, -0.15) is 5.10 Å². The number of halogens is 4. The SMILES string of the molecule is CC(C)c1c(Br)c(C(=O)O)nn1-c1cc(F)c(F)cc1F. The Morgan fingerprint density at radius 3 is 2.33 bits per heavy atom. The van der Waals surface area contributed by atoms with Crippen LogP contribution in [0.4, 0.5) is 13.2 Å². The molecule has 112 valence electrons. The maximum Gasteiger partial charge on any atom is 0.357 e. The molecule has 0 fully saturated rings. The molecule has 0 spiro atoms. The van der Waals surface area contributed by atoms with Crippen molar-refractivity contribution < 1.29 is 23.1 Å². The molecule has 0 bridgehead atoms. The molecule has 0 saturated heterocycles. The van der Waals surface area contributed by atoms with Crippen LogP contribution in [0.2, 0.25) is 0 Å². The summed E-state index contributed by atoms with van der Waals surface area (Å²) < 4.78 is 41.3. The van der Waals surface area contributed by atoms with Crippen LogP contribution in [0.1, 0.15) is 35.9 Å². The average molecular weight is 363 g/mol. The van der Waals surface area contributed by atoms with Crippen molar-refractivity contribution in [2.45, 2.75) is 19.8 Å². The zero-order chi connectivity index (χ0) is 15.9.